The van der Waals surface area contributed by atoms with Crippen molar-refractivity contribution in [3.8, 4) is 11.1 Å². The Balaban J connectivity index is 2.60. The number of thiophene rings is 1. The minimum absolute atomic E-state index is 0.674. The lowest BCUT2D eigenvalue weighted by atomic mass is 10.1. The van der Waals surface area contributed by atoms with Gasteiger partial charge >= 0.3 is 0 Å². The number of hydrogen-bond acceptors (Lipinski definition) is 2. The Bertz CT molecular complexity index is 465. The van der Waals surface area contributed by atoms with Crippen molar-refractivity contribution >= 4 is 40.2 Å². The van der Waals surface area contributed by atoms with Gasteiger partial charge in [0.25, 0.3) is 0 Å². The normalized spacial score (nSPS) is 10.4. The molecular formula is C10H7Cl2NS. The van der Waals surface area contributed by atoms with Gasteiger partial charge in [-0.1, -0.05) is 41.4 Å². The first-order chi connectivity index (χ1) is 6.68. The molecule has 72 valence electrons. The molecule has 14 heavy (non-hydrogen) atoms. The average molecular weight is 244 g/mol. The van der Waals surface area contributed by atoms with E-state index in [1.54, 1.807) is 0 Å². The quantitative estimate of drug-likeness (QED) is 0.743. The maximum Gasteiger partial charge on any atom is 0.102 e. The smallest absolute Gasteiger partial charge is 0.102 e. The minimum Gasteiger partial charge on any atom is -0.398 e. The highest BCUT2D eigenvalue weighted by molar-refractivity contribution is 7.20. The van der Waals surface area contributed by atoms with E-state index in [-0.39, 0.29) is 0 Å². The van der Waals surface area contributed by atoms with Gasteiger partial charge < -0.3 is 5.73 Å². The summed E-state index contributed by atoms with van der Waals surface area (Å²) in [6.07, 6.45) is 0. The zero-order valence-electron chi connectivity index (χ0n) is 7.13. The zero-order valence-corrected chi connectivity index (χ0v) is 9.46. The van der Waals surface area contributed by atoms with Crippen molar-refractivity contribution in [2.24, 2.45) is 0 Å². The Hall–Kier alpha value is -0.700. The van der Waals surface area contributed by atoms with E-state index >= 15 is 0 Å². The van der Waals surface area contributed by atoms with E-state index in [0.29, 0.717) is 14.4 Å². The Labute approximate surface area is 96.1 Å². The summed E-state index contributed by atoms with van der Waals surface area (Å²) in [4.78, 5) is 0. The summed E-state index contributed by atoms with van der Waals surface area (Å²) in [6.45, 7) is 0. The predicted octanol–water partition coefficient (Wildman–Crippen LogP) is 4.30. The summed E-state index contributed by atoms with van der Waals surface area (Å²) in [5, 5.41) is 0. The van der Waals surface area contributed by atoms with Crippen molar-refractivity contribution in [2.45, 2.75) is 0 Å². The first kappa shape index (κ1) is 9.84. The molecule has 0 saturated heterocycles. The van der Waals surface area contributed by atoms with Crippen LogP contribution in [0.4, 0.5) is 5.69 Å². The van der Waals surface area contributed by atoms with E-state index in [9.17, 15) is 0 Å². The SMILES string of the molecule is Nc1ccccc1-c1cc(Cl)sc1Cl. The molecular weight excluding hydrogens is 237 g/mol. The van der Waals surface area contributed by atoms with Gasteiger partial charge in [-0.2, -0.15) is 0 Å². The average Bonchev–Trinajstić information content (AvgIpc) is 2.46. The van der Waals surface area contributed by atoms with Crippen LogP contribution in [0.5, 0.6) is 0 Å². The molecule has 0 aliphatic carbocycles. The van der Waals surface area contributed by atoms with Gasteiger partial charge in [0.1, 0.15) is 4.34 Å². The molecule has 0 saturated carbocycles. The Morgan fingerprint density at radius 1 is 1.07 bits per heavy atom. The monoisotopic (exact) mass is 243 g/mol. The number of hydrogen-bond donors (Lipinski definition) is 1. The van der Waals surface area contributed by atoms with Gasteiger partial charge in [-0.05, 0) is 12.1 Å². The molecule has 2 aromatic rings. The van der Waals surface area contributed by atoms with Crippen molar-refractivity contribution in [3.63, 3.8) is 0 Å². The van der Waals surface area contributed by atoms with Crippen LogP contribution in [0.15, 0.2) is 30.3 Å². The van der Waals surface area contributed by atoms with Crippen molar-refractivity contribution in [1.29, 1.82) is 0 Å². The van der Waals surface area contributed by atoms with Crippen molar-refractivity contribution < 1.29 is 0 Å². The minimum atomic E-state index is 0.674. The van der Waals surface area contributed by atoms with Crippen LogP contribution in [-0.2, 0) is 0 Å². The molecule has 1 aromatic carbocycles. The fourth-order valence-corrected chi connectivity index (χ4v) is 2.76. The Morgan fingerprint density at radius 2 is 1.79 bits per heavy atom. The van der Waals surface area contributed by atoms with Crippen LogP contribution in [-0.4, -0.2) is 0 Å². The van der Waals surface area contributed by atoms with Crippen LogP contribution in [0.25, 0.3) is 11.1 Å². The molecule has 2 rings (SSSR count). The van der Waals surface area contributed by atoms with Gasteiger partial charge in [0.15, 0.2) is 0 Å². The third-order valence-electron chi connectivity index (χ3n) is 1.91. The molecule has 0 aliphatic heterocycles. The van der Waals surface area contributed by atoms with Crippen molar-refractivity contribution in [2.75, 3.05) is 5.73 Å². The van der Waals surface area contributed by atoms with Crippen molar-refractivity contribution in [1.82, 2.24) is 0 Å². The molecule has 1 aromatic heterocycles. The van der Waals surface area contributed by atoms with Gasteiger partial charge in [0.2, 0.25) is 0 Å². The molecule has 0 fully saturated rings. The lowest BCUT2D eigenvalue weighted by Crippen LogP contribution is -1.87. The van der Waals surface area contributed by atoms with Crippen LogP contribution in [0.2, 0.25) is 8.67 Å². The maximum absolute atomic E-state index is 6.03. The number of nitrogen functional groups attached to an aromatic ring is 1. The van der Waals surface area contributed by atoms with Gasteiger partial charge in [-0.25, -0.2) is 0 Å². The number of halogens is 2. The van der Waals surface area contributed by atoms with Crippen LogP contribution < -0.4 is 5.73 Å². The molecule has 1 nitrogen and oxygen atoms in total. The number of rotatable bonds is 1. The van der Waals surface area contributed by atoms with E-state index in [2.05, 4.69) is 0 Å². The first-order valence-corrected chi connectivity index (χ1v) is 5.55. The van der Waals surface area contributed by atoms with Crippen LogP contribution in [0.1, 0.15) is 0 Å². The van der Waals surface area contributed by atoms with E-state index in [4.69, 9.17) is 28.9 Å². The molecule has 0 spiro atoms. The molecule has 0 radical (unpaired) electrons. The van der Waals surface area contributed by atoms with Gasteiger partial charge in [-0.3, -0.25) is 0 Å². The number of benzene rings is 1. The maximum atomic E-state index is 6.03. The third-order valence-corrected chi connectivity index (χ3v) is 3.40. The zero-order chi connectivity index (χ0) is 10.1. The summed E-state index contributed by atoms with van der Waals surface area (Å²) in [5.74, 6) is 0. The highest BCUT2D eigenvalue weighted by Crippen LogP contribution is 2.39. The second-order valence-corrected chi connectivity index (χ2v) is 5.11. The predicted molar refractivity (Wildman–Crippen MR) is 64.2 cm³/mol. The van der Waals surface area contributed by atoms with E-state index < -0.39 is 0 Å². The molecule has 0 amide bonds. The van der Waals surface area contributed by atoms with Crippen LogP contribution in [0.3, 0.4) is 0 Å². The summed E-state index contributed by atoms with van der Waals surface area (Å²) in [6, 6.07) is 9.42. The molecule has 1 heterocycles. The highest BCUT2D eigenvalue weighted by Gasteiger charge is 2.09. The second kappa shape index (κ2) is 3.81. The Kier molecular flexibility index (Phi) is 2.68. The van der Waals surface area contributed by atoms with Crippen LogP contribution >= 0.6 is 34.5 Å². The second-order valence-electron chi connectivity index (χ2n) is 2.83. The lowest BCUT2D eigenvalue weighted by Gasteiger charge is -2.02. The summed E-state index contributed by atoms with van der Waals surface area (Å²) < 4.78 is 1.35. The number of nitrogens with two attached hydrogens (primary N) is 1. The highest BCUT2D eigenvalue weighted by atomic mass is 35.5. The van der Waals surface area contributed by atoms with E-state index in [0.717, 1.165) is 11.1 Å². The standard InChI is InChI=1S/C10H7Cl2NS/c11-9-5-7(10(12)14-9)6-3-1-2-4-8(6)13/h1-5H,13H2. The number of para-hydroxylation sites is 1. The topological polar surface area (TPSA) is 26.0 Å². The third kappa shape index (κ3) is 1.73. The molecule has 2 N–H and O–H groups in total. The van der Waals surface area contributed by atoms with E-state index in [1.165, 1.54) is 11.3 Å². The fourth-order valence-electron chi connectivity index (χ4n) is 1.27. The van der Waals surface area contributed by atoms with Gasteiger partial charge in [0.05, 0.1) is 4.34 Å². The van der Waals surface area contributed by atoms with Crippen molar-refractivity contribution in [3.05, 3.63) is 39.0 Å². The summed E-state index contributed by atoms with van der Waals surface area (Å²) >= 11 is 13.2. The number of anilines is 1. The summed E-state index contributed by atoms with van der Waals surface area (Å²) in [5.41, 5.74) is 8.38. The van der Waals surface area contributed by atoms with Crippen LogP contribution in [0, 0.1) is 0 Å². The summed E-state index contributed by atoms with van der Waals surface area (Å²) in [7, 11) is 0. The molecule has 0 aliphatic rings. The molecule has 0 unspecified atom stereocenters. The first-order valence-electron chi connectivity index (χ1n) is 3.98. The lowest BCUT2D eigenvalue weighted by molar-refractivity contribution is 1.66. The van der Waals surface area contributed by atoms with Gasteiger partial charge in [-0.15, -0.1) is 11.3 Å². The molecule has 0 atom stereocenters. The molecule has 4 heteroatoms. The van der Waals surface area contributed by atoms with E-state index in [1.807, 2.05) is 30.3 Å². The molecule has 0 bridgehead atoms. The Morgan fingerprint density at radius 3 is 2.36 bits per heavy atom. The fraction of sp³-hybridized carbons (Fsp3) is 0. The largest absolute Gasteiger partial charge is 0.398 e. The van der Waals surface area contributed by atoms with Gasteiger partial charge in [0, 0.05) is 16.8 Å².